The highest BCUT2D eigenvalue weighted by Crippen LogP contribution is 2.21. The van der Waals surface area contributed by atoms with E-state index >= 15 is 0 Å². The quantitative estimate of drug-likeness (QED) is 0.726. The highest BCUT2D eigenvalue weighted by Gasteiger charge is 2.15. The lowest BCUT2D eigenvalue weighted by Crippen LogP contribution is -2.09. The second-order valence-corrected chi connectivity index (χ2v) is 6.03. The van der Waals surface area contributed by atoms with Crippen molar-refractivity contribution >= 4 is 21.7 Å². The first-order valence-corrected chi connectivity index (χ1v) is 7.22. The maximum atomic E-state index is 13.8. The Morgan fingerprint density at radius 3 is 2.25 bits per heavy atom. The minimum atomic E-state index is -0.352. The van der Waals surface area contributed by atoms with Crippen molar-refractivity contribution in [2.75, 3.05) is 0 Å². The van der Waals surface area contributed by atoms with E-state index in [1.165, 1.54) is 6.07 Å². The largest absolute Gasteiger partial charge is 0.294 e. The van der Waals surface area contributed by atoms with Gasteiger partial charge < -0.3 is 0 Å². The number of ketones is 1. The van der Waals surface area contributed by atoms with Crippen LogP contribution in [-0.2, 0) is 6.42 Å². The number of aryl methyl sites for hydroxylation is 3. The van der Waals surface area contributed by atoms with Gasteiger partial charge in [0.25, 0.3) is 0 Å². The molecule has 0 saturated carbocycles. The molecule has 2 aromatic carbocycles. The summed E-state index contributed by atoms with van der Waals surface area (Å²) in [4.78, 5) is 12.4. The van der Waals surface area contributed by atoms with E-state index in [2.05, 4.69) is 15.9 Å². The van der Waals surface area contributed by atoms with Gasteiger partial charge in [0.1, 0.15) is 5.82 Å². The summed E-state index contributed by atoms with van der Waals surface area (Å²) in [5.41, 5.74) is 4.16. The molecular formula is C17H16BrFO. The summed E-state index contributed by atoms with van der Waals surface area (Å²) in [6, 6.07) is 8.75. The Kier molecular flexibility index (Phi) is 4.39. The SMILES string of the molecule is Cc1cc(C)c(C(=O)Cc2ccc(Br)cc2F)c(C)c1. The van der Waals surface area contributed by atoms with Crippen molar-refractivity contribution in [2.24, 2.45) is 0 Å². The summed E-state index contributed by atoms with van der Waals surface area (Å²) in [5.74, 6) is -0.392. The lowest BCUT2D eigenvalue weighted by Gasteiger charge is -2.11. The zero-order valence-corrected chi connectivity index (χ0v) is 13.3. The standard InChI is InChI=1S/C17H16BrFO/c1-10-6-11(2)17(12(3)7-10)16(20)8-13-4-5-14(18)9-15(13)19/h4-7,9H,8H2,1-3H3. The van der Waals surface area contributed by atoms with E-state index in [-0.39, 0.29) is 18.0 Å². The average molecular weight is 335 g/mol. The van der Waals surface area contributed by atoms with Crippen LogP contribution < -0.4 is 0 Å². The van der Waals surface area contributed by atoms with Gasteiger partial charge >= 0.3 is 0 Å². The van der Waals surface area contributed by atoms with E-state index in [1.807, 2.05) is 32.9 Å². The zero-order chi connectivity index (χ0) is 14.9. The van der Waals surface area contributed by atoms with Gasteiger partial charge in [0.2, 0.25) is 0 Å². The fraction of sp³-hybridized carbons (Fsp3) is 0.235. The summed E-state index contributed by atoms with van der Waals surface area (Å²) >= 11 is 3.21. The molecule has 3 heteroatoms. The number of Topliss-reactive ketones (excluding diaryl/α,β-unsaturated/α-hetero) is 1. The fourth-order valence-corrected chi connectivity index (χ4v) is 2.88. The third kappa shape index (κ3) is 3.15. The highest BCUT2D eigenvalue weighted by molar-refractivity contribution is 9.10. The van der Waals surface area contributed by atoms with Gasteiger partial charge in [-0.15, -0.1) is 0 Å². The van der Waals surface area contributed by atoms with Crippen molar-refractivity contribution in [1.29, 1.82) is 0 Å². The van der Waals surface area contributed by atoms with Gasteiger partial charge in [-0.2, -0.15) is 0 Å². The molecule has 0 heterocycles. The number of benzene rings is 2. The van der Waals surface area contributed by atoms with Crippen LogP contribution in [0, 0.1) is 26.6 Å². The first-order chi connectivity index (χ1) is 9.38. The number of hydrogen-bond donors (Lipinski definition) is 0. The Morgan fingerprint density at radius 2 is 1.70 bits per heavy atom. The maximum Gasteiger partial charge on any atom is 0.167 e. The van der Waals surface area contributed by atoms with Crippen LogP contribution in [0.15, 0.2) is 34.8 Å². The molecule has 0 aliphatic carbocycles. The minimum absolute atomic E-state index is 0.0405. The van der Waals surface area contributed by atoms with Crippen molar-refractivity contribution in [3.63, 3.8) is 0 Å². The van der Waals surface area contributed by atoms with Crippen molar-refractivity contribution in [3.8, 4) is 0 Å². The summed E-state index contributed by atoms with van der Waals surface area (Å²) < 4.78 is 14.5. The lowest BCUT2D eigenvalue weighted by atomic mass is 9.93. The molecule has 0 radical (unpaired) electrons. The highest BCUT2D eigenvalue weighted by atomic mass is 79.9. The lowest BCUT2D eigenvalue weighted by molar-refractivity contribution is 0.0990. The normalized spacial score (nSPS) is 10.7. The smallest absolute Gasteiger partial charge is 0.167 e. The van der Waals surface area contributed by atoms with Gasteiger partial charge in [0.15, 0.2) is 5.78 Å². The fourth-order valence-electron chi connectivity index (χ4n) is 2.55. The number of rotatable bonds is 3. The third-order valence-corrected chi connectivity index (χ3v) is 3.82. The monoisotopic (exact) mass is 334 g/mol. The van der Waals surface area contributed by atoms with Crippen LogP contribution in [0.3, 0.4) is 0 Å². The Balaban J connectivity index is 2.33. The van der Waals surface area contributed by atoms with Crippen LogP contribution in [0.1, 0.15) is 32.6 Å². The van der Waals surface area contributed by atoms with Gasteiger partial charge in [-0.1, -0.05) is 39.7 Å². The molecule has 1 nitrogen and oxygen atoms in total. The molecule has 0 spiro atoms. The average Bonchev–Trinajstić information content (AvgIpc) is 2.31. The Morgan fingerprint density at radius 1 is 1.10 bits per heavy atom. The molecule has 0 bridgehead atoms. The molecule has 104 valence electrons. The van der Waals surface area contributed by atoms with Gasteiger partial charge in [-0.25, -0.2) is 4.39 Å². The van der Waals surface area contributed by atoms with Crippen LogP contribution in [0.4, 0.5) is 4.39 Å². The Hall–Kier alpha value is -1.48. The summed E-state index contributed by atoms with van der Waals surface area (Å²) in [6.45, 7) is 5.85. The van der Waals surface area contributed by atoms with Gasteiger partial charge in [-0.3, -0.25) is 4.79 Å². The molecule has 0 N–H and O–H groups in total. The number of carbonyl (C=O) groups excluding carboxylic acids is 1. The number of halogens is 2. The molecule has 0 aromatic heterocycles. The Bertz CT molecular complexity index is 654. The molecule has 0 fully saturated rings. The van der Waals surface area contributed by atoms with E-state index in [0.717, 1.165) is 16.7 Å². The van der Waals surface area contributed by atoms with Crippen LogP contribution >= 0.6 is 15.9 Å². The van der Waals surface area contributed by atoms with E-state index in [9.17, 15) is 9.18 Å². The van der Waals surface area contributed by atoms with E-state index in [4.69, 9.17) is 0 Å². The van der Waals surface area contributed by atoms with Crippen molar-refractivity contribution in [2.45, 2.75) is 27.2 Å². The van der Waals surface area contributed by atoms with Gasteiger partial charge in [0, 0.05) is 16.5 Å². The van der Waals surface area contributed by atoms with E-state index < -0.39 is 0 Å². The second kappa shape index (κ2) is 5.88. The molecule has 0 aliphatic rings. The summed E-state index contributed by atoms with van der Waals surface area (Å²) in [7, 11) is 0. The third-order valence-electron chi connectivity index (χ3n) is 3.32. The van der Waals surface area contributed by atoms with E-state index in [0.29, 0.717) is 15.6 Å². The molecular weight excluding hydrogens is 319 g/mol. The van der Waals surface area contributed by atoms with Crippen molar-refractivity contribution in [3.05, 3.63) is 68.4 Å². The van der Waals surface area contributed by atoms with Crippen LogP contribution in [-0.4, -0.2) is 5.78 Å². The summed E-state index contributed by atoms with van der Waals surface area (Å²) in [5, 5.41) is 0. The first-order valence-electron chi connectivity index (χ1n) is 6.43. The molecule has 20 heavy (non-hydrogen) atoms. The zero-order valence-electron chi connectivity index (χ0n) is 11.8. The molecule has 0 unspecified atom stereocenters. The van der Waals surface area contributed by atoms with Crippen LogP contribution in [0.2, 0.25) is 0 Å². The molecule has 0 saturated heterocycles. The van der Waals surface area contributed by atoms with Gasteiger partial charge in [-0.05, 0) is 49.6 Å². The predicted octanol–water partition coefficient (Wildman–Crippen LogP) is 4.94. The minimum Gasteiger partial charge on any atom is -0.294 e. The molecule has 0 atom stereocenters. The Labute approximate surface area is 127 Å². The summed E-state index contributed by atoms with van der Waals surface area (Å²) in [6.07, 6.45) is 0.0872. The first kappa shape index (κ1) is 14.9. The predicted molar refractivity (Wildman–Crippen MR) is 82.8 cm³/mol. The molecule has 2 rings (SSSR count). The molecule has 0 aliphatic heterocycles. The van der Waals surface area contributed by atoms with Crippen molar-refractivity contribution in [1.82, 2.24) is 0 Å². The van der Waals surface area contributed by atoms with Crippen LogP contribution in [0.5, 0.6) is 0 Å². The van der Waals surface area contributed by atoms with E-state index in [1.54, 1.807) is 12.1 Å². The van der Waals surface area contributed by atoms with Crippen LogP contribution in [0.25, 0.3) is 0 Å². The second-order valence-electron chi connectivity index (χ2n) is 5.11. The molecule has 2 aromatic rings. The number of carbonyl (C=O) groups is 1. The topological polar surface area (TPSA) is 17.1 Å². The van der Waals surface area contributed by atoms with Crippen molar-refractivity contribution < 1.29 is 9.18 Å². The van der Waals surface area contributed by atoms with Gasteiger partial charge in [0.05, 0.1) is 0 Å². The molecule has 0 amide bonds. The number of hydrogen-bond acceptors (Lipinski definition) is 1. The maximum absolute atomic E-state index is 13.8.